The first-order valence-corrected chi connectivity index (χ1v) is 10.9. The third-order valence-electron chi connectivity index (χ3n) is 4.28. The van der Waals surface area contributed by atoms with Crippen LogP contribution in [0.1, 0.15) is 24.1 Å². The minimum atomic E-state index is -3.83. The molecule has 11 nitrogen and oxygen atoms in total. The van der Waals surface area contributed by atoms with Gasteiger partial charge in [-0.05, 0) is 31.9 Å². The lowest BCUT2D eigenvalue weighted by Gasteiger charge is -2.21. The van der Waals surface area contributed by atoms with Gasteiger partial charge in [0.2, 0.25) is 10.0 Å². The molecule has 0 aliphatic rings. The quantitative estimate of drug-likeness (QED) is 0.236. The van der Waals surface area contributed by atoms with Gasteiger partial charge in [-0.2, -0.15) is 4.31 Å². The van der Waals surface area contributed by atoms with Crippen LogP contribution < -0.4 is 11.5 Å². The standard InChI is InChI=1S/C18H27N7O4S/c1-14-4-6-16(7-5-14)30(28,29)25(10-8-17(26)27)12-11-24-13-15(22-23-24)3-2-9-21-18(19)20/h4-7,13H,2-3,8-12H2,1H3,(H,26,27)(H4,19,20,21). The predicted molar refractivity (Wildman–Crippen MR) is 111 cm³/mol. The Morgan fingerprint density at radius 3 is 2.57 bits per heavy atom. The molecule has 1 aromatic carbocycles. The van der Waals surface area contributed by atoms with Crippen molar-refractivity contribution in [2.45, 2.75) is 37.6 Å². The molecule has 12 heteroatoms. The minimum Gasteiger partial charge on any atom is -0.481 e. The summed E-state index contributed by atoms with van der Waals surface area (Å²) in [6, 6.07) is 6.44. The highest BCUT2D eigenvalue weighted by Crippen LogP contribution is 2.17. The van der Waals surface area contributed by atoms with Gasteiger partial charge in [0.15, 0.2) is 5.96 Å². The normalized spacial score (nSPS) is 11.5. The van der Waals surface area contributed by atoms with Crippen molar-refractivity contribution in [2.75, 3.05) is 19.6 Å². The lowest BCUT2D eigenvalue weighted by atomic mass is 10.2. The molecule has 0 aliphatic carbocycles. The second kappa shape index (κ2) is 10.7. The van der Waals surface area contributed by atoms with E-state index in [2.05, 4.69) is 15.3 Å². The zero-order valence-electron chi connectivity index (χ0n) is 16.8. The summed E-state index contributed by atoms with van der Waals surface area (Å²) >= 11 is 0. The van der Waals surface area contributed by atoms with Crippen LogP contribution >= 0.6 is 0 Å². The Bertz CT molecular complexity index is 967. The number of aromatic nitrogens is 3. The van der Waals surface area contributed by atoms with Gasteiger partial charge in [-0.15, -0.1) is 5.10 Å². The first kappa shape index (κ1) is 23.3. The van der Waals surface area contributed by atoms with Gasteiger partial charge in [0.05, 0.1) is 23.6 Å². The maximum atomic E-state index is 13.0. The smallest absolute Gasteiger partial charge is 0.304 e. The Morgan fingerprint density at radius 1 is 1.23 bits per heavy atom. The minimum absolute atomic E-state index is 0.0369. The Hall–Kier alpha value is -2.99. The number of carboxylic acids is 1. The van der Waals surface area contributed by atoms with Crippen LogP contribution in [-0.2, 0) is 27.8 Å². The number of hydrogen-bond donors (Lipinski definition) is 3. The van der Waals surface area contributed by atoms with Crippen molar-refractivity contribution in [3.8, 4) is 0 Å². The summed E-state index contributed by atoms with van der Waals surface area (Å²) < 4.78 is 28.6. The number of sulfonamides is 1. The van der Waals surface area contributed by atoms with Crippen LogP contribution in [0, 0.1) is 6.92 Å². The second-order valence-corrected chi connectivity index (χ2v) is 8.68. The molecule has 0 unspecified atom stereocenters. The van der Waals surface area contributed by atoms with Crippen molar-refractivity contribution in [3.05, 3.63) is 41.7 Å². The molecule has 0 saturated heterocycles. The summed E-state index contributed by atoms with van der Waals surface area (Å²) in [5.74, 6) is -1.03. The van der Waals surface area contributed by atoms with E-state index in [0.717, 1.165) is 15.6 Å². The molecule has 2 aromatic rings. The van der Waals surface area contributed by atoms with Gasteiger partial charge in [0.25, 0.3) is 0 Å². The number of hydrogen-bond acceptors (Lipinski definition) is 6. The maximum absolute atomic E-state index is 13.0. The molecule has 0 atom stereocenters. The molecule has 0 aliphatic heterocycles. The molecule has 1 aromatic heterocycles. The number of nitrogens with zero attached hydrogens (tertiary/aromatic N) is 5. The molecule has 0 fully saturated rings. The summed E-state index contributed by atoms with van der Waals surface area (Å²) in [6.45, 7) is 2.52. The molecule has 0 spiro atoms. The van der Waals surface area contributed by atoms with E-state index in [0.29, 0.717) is 19.4 Å². The lowest BCUT2D eigenvalue weighted by molar-refractivity contribution is -0.137. The van der Waals surface area contributed by atoms with Crippen molar-refractivity contribution in [1.82, 2.24) is 19.3 Å². The lowest BCUT2D eigenvalue weighted by Crippen LogP contribution is -2.35. The first-order valence-electron chi connectivity index (χ1n) is 9.41. The van der Waals surface area contributed by atoms with E-state index in [9.17, 15) is 13.2 Å². The van der Waals surface area contributed by atoms with Gasteiger partial charge < -0.3 is 16.6 Å². The Morgan fingerprint density at radius 2 is 1.93 bits per heavy atom. The van der Waals surface area contributed by atoms with E-state index < -0.39 is 16.0 Å². The van der Waals surface area contributed by atoms with E-state index in [1.54, 1.807) is 18.3 Å². The highest BCUT2D eigenvalue weighted by atomic mass is 32.2. The van der Waals surface area contributed by atoms with E-state index >= 15 is 0 Å². The highest BCUT2D eigenvalue weighted by Gasteiger charge is 2.25. The van der Waals surface area contributed by atoms with Crippen LogP contribution in [0.2, 0.25) is 0 Å². The number of carboxylic acid groups (broad SMARTS) is 1. The molecular weight excluding hydrogens is 410 g/mol. The summed E-state index contributed by atoms with van der Waals surface area (Å²) in [7, 11) is -3.83. The Labute approximate surface area is 175 Å². The fourth-order valence-electron chi connectivity index (χ4n) is 2.68. The second-order valence-electron chi connectivity index (χ2n) is 6.74. The van der Waals surface area contributed by atoms with E-state index in [1.165, 1.54) is 16.8 Å². The van der Waals surface area contributed by atoms with E-state index in [-0.39, 0.29) is 36.9 Å². The molecule has 0 bridgehead atoms. The van der Waals surface area contributed by atoms with Crippen LogP contribution in [0.25, 0.3) is 0 Å². The number of carbonyl (C=O) groups is 1. The van der Waals surface area contributed by atoms with Gasteiger partial charge in [0.1, 0.15) is 0 Å². The molecule has 5 N–H and O–H groups in total. The molecule has 2 rings (SSSR count). The van der Waals surface area contributed by atoms with Crippen LogP contribution in [0.5, 0.6) is 0 Å². The van der Waals surface area contributed by atoms with Crippen molar-refractivity contribution in [1.29, 1.82) is 0 Å². The highest BCUT2D eigenvalue weighted by molar-refractivity contribution is 7.89. The number of guanidine groups is 1. The Kier molecular flexibility index (Phi) is 8.30. The largest absolute Gasteiger partial charge is 0.481 e. The first-order chi connectivity index (χ1) is 14.2. The van der Waals surface area contributed by atoms with Crippen LogP contribution in [0.15, 0.2) is 40.4 Å². The predicted octanol–water partition coefficient (Wildman–Crippen LogP) is -0.0419. The topological polar surface area (TPSA) is 170 Å². The molecule has 0 radical (unpaired) electrons. The SMILES string of the molecule is Cc1ccc(S(=O)(=O)N(CCC(=O)O)CCn2cc(CCCN=C(N)N)nn2)cc1. The fourth-order valence-corrected chi connectivity index (χ4v) is 4.11. The number of aliphatic imine (C=N–C) groups is 1. The number of aliphatic carboxylic acids is 1. The van der Waals surface area contributed by atoms with E-state index in [1.807, 2.05) is 6.92 Å². The van der Waals surface area contributed by atoms with Crippen LogP contribution in [0.3, 0.4) is 0 Å². The summed E-state index contributed by atoms with van der Waals surface area (Å²) in [6.07, 6.45) is 2.76. The molecule has 1 heterocycles. The van der Waals surface area contributed by atoms with Gasteiger partial charge in [-0.3, -0.25) is 14.5 Å². The fraction of sp³-hybridized carbons (Fsp3) is 0.444. The number of rotatable bonds is 12. The molecule has 30 heavy (non-hydrogen) atoms. The summed E-state index contributed by atoms with van der Waals surface area (Å²) in [5.41, 5.74) is 12.2. The number of aryl methyl sites for hydroxylation is 2. The average Bonchev–Trinajstić information content (AvgIpc) is 3.12. The molecule has 0 amide bonds. The van der Waals surface area contributed by atoms with Gasteiger partial charge in [-0.1, -0.05) is 22.9 Å². The third-order valence-corrected chi connectivity index (χ3v) is 6.20. The van der Waals surface area contributed by atoms with Crippen molar-refractivity contribution in [3.63, 3.8) is 0 Å². The average molecular weight is 438 g/mol. The Balaban J connectivity index is 2.04. The summed E-state index contributed by atoms with van der Waals surface area (Å²) in [4.78, 5) is 15.0. The zero-order valence-corrected chi connectivity index (χ0v) is 17.6. The number of nitrogens with two attached hydrogens (primary N) is 2. The summed E-state index contributed by atoms with van der Waals surface area (Å²) in [5, 5.41) is 17.0. The van der Waals surface area contributed by atoms with Gasteiger partial charge >= 0.3 is 5.97 Å². The molecular formula is C18H27N7O4S. The zero-order chi connectivity index (χ0) is 22.1. The van der Waals surface area contributed by atoms with Gasteiger partial charge in [0, 0.05) is 25.8 Å². The van der Waals surface area contributed by atoms with Gasteiger partial charge in [-0.25, -0.2) is 8.42 Å². The van der Waals surface area contributed by atoms with Crippen LogP contribution in [0.4, 0.5) is 0 Å². The van der Waals surface area contributed by atoms with Crippen LogP contribution in [-0.4, -0.2) is 64.4 Å². The number of benzene rings is 1. The van der Waals surface area contributed by atoms with Crippen molar-refractivity contribution >= 4 is 22.0 Å². The maximum Gasteiger partial charge on any atom is 0.304 e. The third kappa shape index (κ3) is 7.12. The molecule has 164 valence electrons. The van der Waals surface area contributed by atoms with Crippen molar-refractivity contribution in [2.24, 2.45) is 16.5 Å². The molecule has 0 saturated carbocycles. The van der Waals surface area contributed by atoms with E-state index in [4.69, 9.17) is 16.6 Å². The monoisotopic (exact) mass is 437 g/mol. The van der Waals surface area contributed by atoms with Crippen molar-refractivity contribution < 1.29 is 18.3 Å².